The third kappa shape index (κ3) is 4.00. The van der Waals surface area contributed by atoms with E-state index in [-0.39, 0.29) is 16.0 Å². The summed E-state index contributed by atoms with van der Waals surface area (Å²) in [5.74, 6) is 0.787. The maximum absolute atomic E-state index is 12.2. The quantitative estimate of drug-likeness (QED) is 0.735. The van der Waals surface area contributed by atoms with Crippen molar-refractivity contribution in [2.24, 2.45) is 11.3 Å². The van der Waals surface area contributed by atoms with Crippen molar-refractivity contribution in [2.75, 3.05) is 18.8 Å². The molecule has 1 fully saturated rings. The number of rotatable bonds is 2. The fourth-order valence-corrected chi connectivity index (χ4v) is 4.74. The Balaban J connectivity index is 2.71. The number of hydrogen-bond donors (Lipinski definition) is 0. The molecule has 0 saturated carbocycles. The summed E-state index contributed by atoms with van der Waals surface area (Å²) in [5, 5.41) is 0. The summed E-state index contributed by atoms with van der Waals surface area (Å²) >= 11 is 3.56. The van der Waals surface area contributed by atoms with Crippen molar-refractivity contribution in [3.63, 3.8) is 0 Å². The molecule has 2 atom stereocenters. The first-order valence-corrected chi connectivity index (χ1v) is 8.26. The van der Waals surface area contributed by atoms with E-state index in [0.717, 1.165) is 6.42 Å². The van der Waals surface area contributed by atoms with Crippen molar-refractivity contribution in [3.8, 4) is 0 Å². The Bertz CT molecular complexity index is 334. The number of nitrogens with zero attached hydrogens (tertiary/aromatic N) is 1. The van der Waals surface area contributed by atoms with Crippen LogP contribution in [0, 0.1) is 11.3 Å². The first-order valence-electron chi connectivity index (χ1n) is 5.74. The number of alkyl halides is 1. The SMILES string of the molecule is CC1CCN(S(=O)(=O)CC(C)(C)C)CC1Br. The van der Waals surface area contributed by atoms with E-state index in [1.54, 1.807) is 4.31 Å². The van der Waals surface area contributed by atoms with E-state index in [2.05, 4.69) is 22.9 Å². The summed E-state index contributed by atoms with van der Waals surface area (Å²) in [7, 11) is -3.09. The number of hydrogen-bond acceptors (Lipinski definition) is 2. The molecule has 0 aliphatic carbocycles. The average Bonchev–Trinajstić information content (AvgIpc) is 2.05. The van der Waals surface area contributed by atoms with Crippen LogP contribution in [0.25, 0.3) is 0 Å². The van der Waals surface area contributed by atoms with Gasteiger partial charge in [0.1, 0.15) is 0 Å². The molecule has 0 spiro atoms. The molecular formula is C11H22BrNO2S. The molecule has 96 valence electrons. The topological polar surface area (TPSA) is 37.4 Å². The van der Waals surface area contributed by atoms with Crippen molar-refractivity contribution in [3.05, 3.63) is 0 Å². The molecule has 5 heteroatoms. The molecule has 16 heavy (non-hydrogen) atoms. The minimum Gasteiger partial charge on any atom is -0.212 e. The molecule has 1 aliphatic rings. The second kappa shape index (κ2) is 4.94. The van der Waals surface area contributed by atoms with Crippen LogP contribution in [0.2, 0.25) is 0 Å². The molecule has 0 radical (unpaired) electrons. The largest absolute Gasteiger partial charge is 0.214 e. The van der Waals surface area contributed by atoms with Gasteiger partial charge in [0.05, 0.1) is 5.75 Å². The van der Waals surface area contributed by atoms with Crippen molar-refractivity contribution in [1.29, 1.82) is 0 Å². The molecule has 1 rings (SSSR count). The third-order valence-corrected chi connectivity index (χ3v) is 6.38. The first kappa shape index (κ1) is 14.5. The molecule has 0 bridgehead atoms. The number of sulfonamides is 1. The van der Waals surface area contributed by atoms with Gasteiger partial charge in [0.2, 0.25) is 10.0 Å². The van der Waals surface area contributed by atoms with Gasteiger partial charge < -0.3 is 0 Å². The van der Waals surface area contributed by atoms with E-state index in [4.69, 9.17) is 0 Å². The highest BCUT2D eigenvalue weighted by Gasteiger charge is 2.33. The van der Waals surface area contributed by atoms with Crippen LogP contribution in [-0.4, -0.2) is 36.4 Å². The zero-order valence-corrected chi connectivity index (χ0v) is 12.9. The molecule has 0 amide bonds. The second-order valence-corrected chi connectivity index (χ2v) is 9.10. The van der Waals surface area contributed by atoms with Crippen LogP contribution in [0.5, 0.6) is 0 Å². The Morgan fingerprint density at radius 2 is 1.94 bits per heavy atom. The maximum Gasteiger partial charge on any atom is 0.214 e. The van der Waals surface area contributed by atoms with Crippen molar-refractivity contribution < 1.29 is 8.42 Å². The highest BCUT2D eigenvalue weighted by molar-refractivity contribution is 9.09. The van der Waals surface area contributed by atoms with E-state index in [0.29, 0.717) is 19.0 Å². The highest BCUT2D eigenvalue weighted by Crippen LogP contribution is 2.27. The molecule has 2 unspecified atom stereocenters. The molecule has 0 aromatic rings. The van der Waals surface area contributed by atoms with Crippen LogP contribution < -0.4 is 0 Å². The lowest BCUT2D eigenvalue weighted by atomic mass is 10.0. The van der Waals surface area contributed by atoms with Crippen molar-refractivity contribution >= 4 is 26.0 Å². The van der Waals surface area contributed by atoms with Crippen LogP contribution in [0.15, 0.2) is 0 Å². The Kier molecular flexibility index (Phi) is 4.46. The van der Waals surface area contributed by atoms with Crippen LogP contribution in [0.4, 0.5) is 0 Å². The summed E-state index contributed by atoms with van der Waals surface area (Å²) in [4.78, 5) is 0.288. The smallest absolute Gasteiger partial charge is 0.212 e. The van der Waals surface area contributed by atoms with Gasteiger partial charge >= 0.3 is 0 Å². The van der Waals surface area contributed by atoms with Gasteiger partial charge in [-0.2, -0.15) is 0 Å². The van der Waals surface area contributed by atoms with Gasteiger partial charge in [-0.3, -0.25) is 0 Å². The molecule has 0 aromatic carbocycles. The van der Waals surface area contributed by atoms with Crippen LogP contribution in [0.3, 0.4) is 0 Å². The maximum atomic E-state index is 12.2. The highest BCUT2D eigenvalue weighted by atomic mass is 79.9. The summed E-state index contributed by atoms with van der Waals surface area (Å²) in [5.41, 5.74) is -0.177. The zero-order chi connectivity index (χ0) is 12.6. The summed E-state index contributed by atoms with van der Waals surface area (Å²) in [6, 6.07) is 0. The van der Waals surface area contributed by atoms with E-state index < -0.39 is 10.0 Å². The van der Waals surface area contributed by atoms with Crippen LogP contribution in [-0.2, 0) is 10.0 Å². The Hall–Kier alpha value is 0.390. The molecule has 3 nitrogen and oxygen atoms in total. The monoisotopic (exact) mass is 311 g/mol. The lowest BCUT2D eigenvalue weighted by molar-refractivity contribution is 0.295. The summed E-state index contributed by atoms with van der Waals surface area (Å²) in [6.07, 6.45) is 0.944. The molecule has 1 heterocycles. The lowest BCUT2D eigenvalue weighted by Gasteiger charge is -2.34. The summed E-state index contributed by atoms with van der Waals surface area (Å²) in [6.45, 7) is 9.32. The minimum absolute atomic E-state index is 0.177. The summed E-state index contributed by atoms with van der Waals surface area (Å²) < 4.78 is 26.0. The fourth-order valence-electron chi connectivity index (χ4n) is 1.89. The fraction of sp³-hybridized carbons (Fsp3) is 1.00. The van der Waals surface area contributed by atoms with Gasteiger partial charge in [-0.05, 0) is 17.8 Å². The molecule has 1 aliphatic heterocycles. The lowest BCUT2D eigenvalue weighted by Crippen LogP contribution is -2.46. The normalized spacial score (nSPS) is 29.3. The van der Waals surface area contributed by atoms with Crippen molar-refractivity contribution in [1.82, 2.24) is 4.31 Å². The third-order valence-electron chi connectivity index (χ3n) is 2.84. The van der Waals surface area contributed by atoms with Gasteiger partial charge in [-0.15, -0.1) is 0 Å². The molecule has 0 N–H and O–H groups in total. The second-order valence-electron chi connectivity index (χ2n) is 5.96. The Morgan fingerprint density at radius 3 is 2.38 bits per heavy atom. The van der Waals surface area contributed by atoms with E-state index in [1.807, 2.05) is 20.8 Å². The van der Waals surface area contributed by atoms with E-state index in [9.17, 15) is 8.42 Å². The van der Waals surface area contributed by atoms with Crippen LogP contribution in [0.1, 0.15) is 34.1 Å². The van der Waals surface area contributed by atoms with Gasteiger partial charge in [0, 0.05) is 17.9 Å². The molecule has 0 aromatic heterocycles. The predicted molar refractivity (Wildman–Crippen MR) is 71.3 cm³/mol. The first-order chi connectivity index (χ1) is 7.12. The van der Waals surface area contributed by atoms with Gasteiger partial charge in [0.25, 0.3) is 0 Å². The Labute approximate surface area is 108 Å². The van der Waals surface area contributed by atoms with Crippen molar-refractivity contribution in [2.45, 2.75) is 38.9 Å². The average molecular weight is 312 g/mol. The zero-order valence-electron chi connectivity index (χ0n) is 10.5. The number of halogens is 1. The predicted octanol–water partition coefficient (Wildman–Crippen LogP) is 2.47. The van der Waals surface area contributed by atoms with Gasteiger partial charge in [-0.1, -0.05) is 43.6 Å². The van der Waals surface area contributed by atoms with Gasteiger partial charge in [-0.25, -0.2) is 12.7 Å². The minimum atomic E-state index is -3.09. The van der Waals surface area contributed by atoms with Crippen LogP contribution >= 0.6 is 15.9 Å². The van der Waals surface area contributed by atoms with Gasteiger partial charge in [0.15, 0.2) is 0 Å². The standard InChI is InChI=1S/C11H22BrNO2S/c1-9-5-6-13(7-10(9)12)16(14,15)8-11(2,3)4/h9-10H,5-8H2,1-4H3. The van der Waals surface area contributed by atoms with E-state index in [1.165, 1.54) is 0 Å². The Morgan fingerprint density at radius 1 is 1.38 bits per heavy atom. The number of piperidine rings is 1. The molecular weight excluding hydrogens is 290 g/mol. The van der Waals surface area contributed by atoms with E-state index >= 15 is 0 Å². The molecule has 1 saturated heterocycles.